The van der Waals surface area contributed by atoms with Crippen LogP contribution in [0.15, 0.2) is 0 Å². The maximum absolute atomic E-state index is 11.9. The van der Waals surface area contributed by atoms with E-state index in [4.69, 9.17) is 10.5 Å². The summed E-state index contributed by atoms with van der Waals surface area (Å²) in [5.41, 5.74) is 3.04. The van der Waals surface area contributed by atoms with Crippen LogP contribution in [0.3, 0.4) is 0 Å². The van der Waals surface area contributed by atoms with Gasteiger partial charge in [0.05, 0.1) is 6.04 Å². The molecule has 0 aliphatic heterocycles. The van der Waals surface area contributed by atoms with Gasteiger partial charge in [0.1, 0.15) is 5.60 Å². The van der Waals surface area contributed by atoms with E-state index in [1.165, 1.54) is 0 Å². The molecule has 1 unspecified atom stereocenters. The number of nitrogens with two attached hydrogens (primary N) is 1. The van der Waals surface area contributed by atoms with E-state index in [0.29, 0.717) is 12.8 Å². The number of primary amides is 1. The second-order valence-corrected chi connectivity index (χ2v) is 6.45. The summed E-state index contributed by atoms with van der Waals surface area (Å²) in [5, 5.41) is 13.2. The lowest BCUT2D eigenvalue weighted by Gasteiger charge is -2.34. The van der Waals surface area contributed by atoms with Gasteiger partial charge in [-0.25, -0.2) is 4.79 Å². The molecule has 1 aliphatic rings. The molecule has 2 amide bonds. The van der Waals surface area contributed by atoms with Crippen LogP contribution >= 0.6 is 0 Å². The van der Waals surface area contributed by atoms with Crippen molar-refractivity contribution in [3.8, 4) is 0 Å². The second kappa shape index (κ2) is 5.99. The van der Waals surface area contributed by atoms with E-state index >= 15 is 0 Å². The van der Waals surface area contributed by atoms with E-state index < -0.39 is 29.2 Å². The highest BCUT2D eigenvalue weighted by molar-refractivity contribution is 5.86. The molecule has 0 bridgehead atoms. The predicted molar refractivity (Wildman–Crippen MR) is 74.9 cm³/mol. The Morgan fingerprint density at radius 2 is 1.95 bits per heavy atom. The zero-order valence-corrected chi connectivity index (χ0v) is 12.7. The first-order chi connectivity index (χ1) is 9.11. The molecule has 2 atom stereocenters. The fourth-order valence-corrected chi connectivity index (χ4v) is 2.32. The number of carbonyl (C=O) groups is 2. The molecule has 6 heteroatoms. The standard InChI is InChI=1S/C14H26N2O4/c1-5-6-10(16-12(18)20-13(2,3)4)14(19,11(15)17)9-7-8-9/h9-10,19H,5-8H2,1-4H3,(H2,15,17)(H,16,18)/t10-,14?/m0/s1. The number of hydrogen-bond acceptors (Lipinski definition) is 4. The van der Waals surface area contributed by atoms with Gasteiger partial charge in [-0.2, -0.15) is 0 Å². The normalized spacial score (nSPS) is 19.9. The Morgan fingerprint density at radius 1 is 1.40 bits per heavy atom. The fourth-order valence-electron chi connectivity index (χ4n) is 2.32. The lowest BCUT2D eigenvalue weighted by molar-refractivity contribution is -0.142. The van der Waals surface area contributed by atoms with Crippen molar-refractivity contribution < 1.29 is 19.4 Å². The van der Waals surface area contributed by atoms with Crippen molar-refractivity contribution in [2.45, 2.75) is 70.6 Å². The van der Waals surface area contributed by atoms with Crippen molar-refractivity contribution in [1.82, 2.24) is 5.32 Å². The lowest BCUT2D eigenvalue weighted by atomic mass is 9.85. The SMILES string of the molecule is CCC[C@H](NC(=O)OC(C)(C)C)C(O)(C(N)=O)C1CC1. The smallest absolute Gasteiger partial charge is 0.407 e. The van der Waals surface area contributed by atoms with Crippen molar-refractivity contribution in [3.05, 3.63) is 0 Å². The van der Waals surface area contributed by atoms with E-state index in [1.54, 1.807) is 20.8 Å². The molecule has 20 heavy (non-hydrogen) atoms. The van der Waals surface area contributed by atoms with Gasteiger partial charge in [-0.15, -0.1) is 0 Å². The number of ether oxygens (including phenoxy) is 1. The molecule has 0 aromatic heterocycles. The fraction of sp³-hybridized carbons (Fsp3) is 0.857. The van der Waals surface area contributed by atoms with Crippen molar-refractivity contribution in [3.63, 3.8) is 0 Å². The van der Waals surface area contributed by atoms with E-state index in [0.717, 1.165) is 12.8 Å². The Balaban J connectivity index is 2.82. The summed E-state index contributed by atoms with van der Waals surface area (Å²) in [4.78, 5) is 23.5. The van der Waals surface area contributed by atoms with Crippen molar-refractivity contribution >= 4 is 12.0 Å². The molecular formula is C14H26N2O4. The number of nitrogens with one attached hydrogen (secondary N) is 1. The van der Waals surface area contributed by atoms with E-state index in [2.05, 4.69) is 5.32 Å². The maximum Gasteiger partial charge on any atom is 0.407 e. The van der Waals surface area contributed by atoms with Crippen molar-refractivity contribution in [2.24, 2.45) is 11.7 Å². The molecule has 1 fully saturated rings. The zero-order valence-electron chi connectivity index (χ0n) is 12.7. The predicted octanol–water partition coefficient (Wildman–Crippen LogP) is 1.31. The number of hydrogen-bond donors (Lipinski definition) is 3. The average molecular weight is 286 g/mol. The average Bonchev–Trinajstić information content (AvgIpc) is 3.08. The third-order valence-electron chi connectivity index (χ3n) is 3.39. The molecule has 1 saturated carbocycles. The molecule has 0 heterocycles. The van der Waals surface area contributed by atoms with Gasteiger partial charge in [-0.3, -0.25) is 4.79 Å². The summed E-state index contributed by atoms with van der Waals surface area (Å²) in [6.45, 7) is 7.17. The summed E-state index contributed by atoms with van der Waals surface area (Å²) >= 11 is 0. The Labute approximate surface area is 120 Å². The van der Waals surface area contributed by atoms with Gasteiger partial charge >= 0.3 is 6.09 Å². The van der Waals surface area contributed by atoms with E-state index in [1.807, 2.05) is 6.92 Å². The first-order valence-corrected chi connectivity index (χ1v) is 7.13. The Morgan fingerprint density at radius 3 is 2.30 bits per heavy atom. The van der Waals surface area contributed by atoms with Gasteiger partial charge < -0.3 is 20.9 Å². The van der Waals surface area contributed by atoms with Gasteiger partial charge in [0, 0.05) is 0 Å². The number of amides is 2. The molecule has 4 N–H and O–H groups in total. The third kappa shape index (κ3) is 4.10. The highest BCUT2D eigenvalue weighted by atomic mass is 16.6. The topological polar surface area (TPSA) is 102 Å². The van der Waals surface area contributed by atoms with Gasteiger partial charge in [-0.1, -0.05) is 13.3 Å². The van der Waals surface area contributed by atoms with Crippen molar-refractivity contribution in [2.75, 3.05) is 0 Å². The minimum absolute atomic E-state index is 0.175. The molecule has 0 spiro atoms. The van der Waals surface area contributed by atoms with Crippen LogP contribution in [0.25, 0.3) is 0 Å². The van der Waals surface area contributed by atoms with Crippen LogP contribution in [-0.4, -0.2) is 34.4 Å². The van der Waals surface area contributed by atoms with Crippen LogP contribution < -0.4 is 11.1 Å². The lowest BCUT2D eigenvalue weighted by Crippen LogP contribution is -2.61. The van der Waals surface area contributed by atoms with Crippen LogP contribution in [-0.2, 0) is 9.53 Å². The highest BCUT2D eigenvalue weighted by Gasteiger charge is 2.54. The molecule has 116 valence electrons. The van der Waals surface area contributed by atoms with Crippen LogP contribution in [0.1, 0.15) is 53.4 Å². The van der Waals surface area contributed by atoms with Crippen LogP contribution in [0.4, 0.5) is 4.79 Å². The number of carbonyl (C=O) groups excluding carboxylic acids is 2. The summed E-state index contributed by atoms with van der Waals surface area (Å²) in [7, 11) is 0. The Hall–Kier alpha value is -1.30. The van der Waals surface area contributed by atoms with Gasteiger partial charge in [0.15, 0.2) is 5.60 Å². The summed E-state index contributed by atoms with van der Waals surface area (Å²) in [5.74, 6) is -0.957. The summed E-state index contributed by atoms with van der Waals surface area (Å²) in [6, 6.07) is -0.715. The molecule has 0 aromatic carbocycles. The number of rotatable bonds is 6. The van der Waals surface area contributed by atoms with Crippen LogP contribution in [0.2, 0.25) is 0 Å². The zero-order chi connectivity index (χ0) is 15.6. The Bertz CT molecular complexity index is 374. The van der Waals surface area contributed by atoms with Gasteiger partial charge in [0.2, 0.25) is 0 Å². The molecule has 0 aromatic rings. The largest absolute Gasteiger partial charge is 0.444 e. The quantitative estimate of drug-likeness (QED) is 0.685. The van der Waals surface area contributed by atoms with E-state index in [-0.39, 0.29) is 5.92 Å². The molecule has 0 saturated heterocycles. The molecular weight excluding hydrogens is 260 g/mol. The van der Waals surface area contributed by atoms with Crippen LogP contribution in [0.5, 0.6) is 0 Å². The van der Waals surface area contributed by atoms with Crippen LogP contribution in [0, 0.1) is 5.92 Å². The first-order valence-electron chi connectivity index (χ1n) is 7.13. The molecule has 1 aliphatic carbocycles. The third-order valence-corrected chi connectivity index (χ3v) is 3.39. The van der Waals surface area contributed by atoms with Gasteiger partial charge in [0.25, 0.3) is 5.91 Å². The molecule has 6 nitrogen and oxygen atoms in total. The Kier molecular flexibility index (Phi) is 5.02. The van der Waals surface area contributed by atoms with E-state index in [9.17, 15) is 14.7 Å². The molecule has 1 rings (SSSR count). The highest BCUT2D eigenvalue weighted by Crippen LogP contribution is 2.42. The minimum atomic E-state index is -1.69. The number of aliphatic hydroxyl groups is 1. The summed E-state index contributed by atoms with van der Waals surface area (Å²) in [6.07, 6.45) is 2.03. The monoisotopic (exact) mass is 286 g/mol. The maximum atomic E-state index is 11.9. The van der Waals surface area contributed by atoms with Gasteiger partial charge in [-0.05, 0) is 46.0 Å². The molecule has 0 radical (unpaired) electrons. The number of alkyl carbamates (subject to hydrolysis) is 1. The minimum Gasteiger partial charge on any atom is -0.444 e. The second-order valence-electron chi connectivity index (χ2n) is 6.45. The first kappa shape index (κ1) is 16.8. The summed E-state index contributed by atoms with van der Waals surface area (Å²) < 4.78 is 5.18. The van der Waals surface area contributed by atoms with Crippen molar-refractivity contribution in [1.29, 1.82) is 0 Å².